The van der Waals surface area contributed by atoms with Gasteiger partial charge in [0, 0.05) is 12.4 Å². The van der Waals surface area contributed by atoms with Crippen LogP contribution in [0.2, 0.25) is 10.0 Å². The quantitative estimate of drug-likeness (QED) is 0.849. The van der Waals surface area contributed by atoms with Gasteiger partial charge < -0.3 is 10.1 Å². The molecule has 1 aromatic heterocycles. The molecule has 0 bridgehead atoms. The Labute approximate surface area is 142 Å². The molecule has 1 aromatic carbocycles. The lowest BCUT2D eigenvalue weighted by Crippen LogP contribution is -2.22. The lowest BCUT2D eigenvalue weighted by molar-refractivity contribution is 0.0367. The van der Waals surface area contributed by atoms with E-state index in [1.165, 1.54) is 12.4 Å². The number of nitrogens with zero attached hydrogens (tertiary/aromatic N) is 2. The third-order valence-electron chi connectivity index (χ3n) is 2.65. The number of hydrogen-bond donors (Lipinski definition) is 1. The first-order valence-corrected chi connectivity index (χ1v) is 7.43. The predicted molar refractivity (Wildman–Crippen MR) is 87.0 cm³/mol. The molecule has 0 aliphatic heterocycles. The first kappa shape index (κ1) is 17.2. The number of carbonyl (C=O) groups is 2. The van der Waals surface area contributed by atoms with E-state index in [0.717, 1.165) is 0 Å². The second-order valence-corrected chi connectivity index (χ2v) is 5.55. The van der Waals surface area contributed by atoms with Crippen LogP contribution in [-0.4, -0.2) is 27.9 Å². The molecule has 0 spiro atoms. The molecule has 0 radical (unpaired) electrons. The van der Waals surface area contributed by atoms with Crippen LogP contribution < -0.4 is 5.32 Å². The number of aromatic nitrogens is 2. The number of esters is 1. The predicted octanol–water partition coefficient (Wildman–Crippen LogP) is 3.60. The summed E-state index contributed by atoms with van der Waals surface area (Å²) >= 11 is 11.9. The van der Waals surface area contributed by atoms with Crippen molar-refractivity contribution in [2.75, 3.05) is 5.32 Å². The lowest BCUT2D eigenvalue weighted by atomic mass is 10.2. The minimum atomic E-state index is -0.726. The van der Waals surface area contributed by atoms with Gasteiger partial charge in [0.05, 0.1) is 21.8 Å². The number of carbonyl (C=O) groups excluding carboxylic acids is 2. The number of halogens is 2. The van der Waals surface area contributed by atoms with Crippen LogP contribution in [0.1, 0.15) is 34.8 Å². The molecule has 0 fully saturated rings. The molecule has 0 atom stereocenters. The second kappa shape index (κ2) is 7.39. The van der Waals surface area contributed by atoms with Gasteiger partial charge in [0.1, 0.15) is 0 Å². The first-order chi connectivity index (χ1) is 10.9. The molecule has 23 heavy (non-hydrogen) atoms. The molecule has 2 rings (SSSR count). The fourth-order valence-electron chi connectivity index (χ4n) is 1.71. The molecular formula is C15H13Cl2N3O3. The molecule has 0 aliphatic rings. The molecule has 8 heteroatoms. The molecule has 0 saturated carbocycles. The van der Waals surface area contributed by atoms with E-state index in [9.17, 15) is 9.59 Å². The Kier molecular flexibility index (Phi) is 5.52. The van der Waals surface area contributed by atoms with Gasteiger partial charge in [0.15, 0.2) is 11.4 Å². The van der Waals surface area contributed by atoms with Crippen molar-refractivity contribution in [3.63, 3.8) is 0 Å². The van der Waals surface area contributed by atoms with Crippen molar-refractivity contribution in [1.29, 1.82) is 0 Å². The van der Waals surface area contributed by atoms with E-state index in [1.807, 2.05) is 0 Å². The molecule has 0 aliphatic carbocycles. The van der Waals surface area contributed by atoms with Crippen LogP contribution in [0.25, 0.3) is 0 Å². The Bertz CT molecular complexity index is 750. The van der Waals surface area contributed by atoms with Gasteiger partial charge in [-0.2, -0.15) is 0 Å². The summed E-state index contributed by atoms with van der Waals surface area (Å²) in [6.45, 7) is 3.39. The number of rotatable bonds is 4. The molecule has 1 N–H and O–H groups in total. The van der Waals surface area contributed by atoms with E-state index in [0.29, 0.717) is 10.7 Å². The maximum Gasteiger partial charge on any atom is 0.359 e. The van der Waals surface area contributed by atoms with E-state index in [-0.39, 0.29) is 22.5 Å². The van der Waals surface area contributed by atoms with Gasteiger partial charge in [-0.1, -0.05) is 29.3 Å². The topological polar surface area (TPSA) is 81.2 Å². The minimum Gasteiger partial charge on any atom is -0.458 e. The summed E-state index contributed by atoms with van der Waals surface area (Å²) in [5.41, 5.74) is -0.0240. The SMILES string of the molecule is CC(C)OC(=O)c1nccnc1C(=O)Nc1cccc(Cl)c1Cl. The highest BCUT2D eigenvalue weighted by Gasteiger charge is 2.22. The lowest BCUT2D eigenvalue weighted by Gasteiger charge is -2.11. The van der Waals surface area contributed by atoms with E-state index in [1.54, 1.807) is 32.0 Å². The Morgan fingerprint density at radius 2 is 1.78 bits per heavy atom. The number of amides is 1. The van der Waals surface area contributed by atoms with Gasteiger partial charge in [-0.05, 0) is 26.0 Å². The zero-order chi connectivity index (χ0) is 17.0. The van der Waals surface area contributed by atoms with Crippen LogP contribution in [0.4, 0.5) is 5.69 Å². The molecule has 0 unspecified atom stereocenters. The van der Waals surface area contributed by atoms with Crippen molar-refractivity contribution < 1.29 is 14.3 Å². The highest BCUT2D eigenvalue weighted by Crippen LogP contribution is 2.29. The maximum atomic E-state index is 12.4. The average molecular weight is 354 g/mol. The third-order valence-corrected chi connectivity index (χ3v) is 3.47. The fourth-order valence-corrected chi connectivity index (χ4v) is 2.05. The van der Waals surface area contributed by atoms with Gasteiger partial charge in [-0.25, -0.2) is 14.8 Å². The zero-order valence-electron chi connectivity index (χ0n) is 12.3. The highest BCUT2D eigenvalue weighted by atomic mass is 35.5. The average Bonchev–Trinajstić information content (AvgIpc) is 2.51. The van der Waals surface area contributed by atoms with Crippen molar-refractivity contribution in [3.8, 4) is 0 Å². The van der Waals surface area contributed by atoms with Crippen LogP contribution in [0.15, 0.2) is 30.6 Å². The minimum absolute atomic E-state index is 0.158. The molecule has 2 aromatic rings. The van der Waals surface area contributed by atoms with E-state index < -0.39 is 11.9 Å². The molecule has 1 heterocycles. The van der Waals surface area contributed by atoms with Crippen LogP contribution in [0.5, 0.6) is 0 Å². The monoisotopic (exact) mass is 353 g/mol. The van der Waals surface area contributed by atoms with Crippen molar-refractivity contribution in [2.24, 2.45) is 0 Å². The highest BCUT2D eigenvalue weighted by molar-refractivity contribution is 6.44. The van der Waals surface area contributed by atoms with Crippen LogP contribution in [0, 0.1) is 0 Å². The van der Waals surface area contributed by atoms with E-state index in [4.69, 9.17) is 27.9 Å². The summed E-state index contributed by atoms with van der Waals surface area (Å²) in [4.78, 5) is 32.1. The number of nitrogens with one attached hydrogen (secondary N) is 1. The first-order valence-electron chi connectivity index (χ1n) is 6.67. The van der Waals surface area contributed by atoms with Gasteiger partial charge >= 0.3 is 5.97 Å². The summed E-state index contributed by atoms with van der Waals surface area (Å²) in [6, 6.07) is 4.80. The fraction of sp³-hybridized carbons (Fsp3) is 0.200. The van der Waals surface area contributed by atoms with Crippen molar-refractivity contribution in [1.82, 2.24) is 9.97 Å². The summed E-state index contributed by atoms with van der Waals surface area (Å²) in [5.74, 6) is -1.37. The second-order valence-electron chi connectivity index (χ2n) is 4.76. The summed E-state index contributed by atoms with van der Waals surface area (Å²) in [7, 11) is 0. The largest absolute Gasteiger partial charge is 0.458 e. The molecular weight excluding hydrogens is 341 g/mol. The third kappa shape index (κ3) is 4.18. The molecule has 6 nitrogen and oxygen atoms in total. The standard InChI is InChI=1S/C15H13Cl2N3O3/c1-8(2)23-15(22)13-12(18-6-7-19-13)14(21)20-10-5-3-4-9(16)11(10)17/h3-8H,1-2H3,(H,20,21). The Balaban J connectivity index is 2.30. The summed E-state index contributed by atoms with van der Waals surface area (Å²) in [5, 5.41) is 3.04. The van der Waals surface area contributed by atoms with Gasteiger partial charge in [0.25, 0.3) is 5.91 Å². The summed E-state index contributed by atoms with van der Waals surface area (Å²) in [6.07, 6.45) is 2.27. The number of ether oxygens (including phenoxy) is 1. The molecule has 0 saturated heterocycles. The maximum absolute atomic E-state index is 12.4. The molecule has 1 amide bonds. The van der Waals surface area contributed by atoms with E-state index >= 15 is 0 Å². The van der Waals surface area contributed by atoms with Crippen LogP contribution in [-0.2, 0) is 4.74 Å². The number of benzene rings is 1. The smallest absolute Gasteiger partial charge is 0.359 e. The van der Waals surface area contributed by atoms with Gasteiger partial charge in [-0.3, -0.25) is 4.79 Å². The zero-order valence-corrected chi connectivity index (χ0v) is 13.9. The van der Waals surface area contributed by atoms with Crippen LogP contribution in [0.3, 0.4) is 0 Å². The number of anilines is 1. The van der Waals surface area contributed by atoms with Crippen molar-refractivity contribution >= 4 is 40.8 Å². The summed E-state index contributed by atoms with van der Waals surface area (Å²) < 4.78 is 5.05. The normalized spacial score (nSPS) is 10.5. The van der Waals surface area contributed by atoms with Gasteiger partial charge in [-0.15, -0.1) is 0 Å². The number of hydrogen-bond acceptors (Lipinski definition) is 5. The Morgan fingerprint density at radius 1 is 1.13 bits per heavy atom. The van der Waals surface area contributed by atoms with Crippen LogP contribution >= 0.6 is 23.2 Å². The Morgan fingerprint density at radius 3 is 2.43 bits per heavy atom. The van der Waals surface area contributed by atoms with Crippen molar-refractivity contribution in [3.05, 3.63) is 52.0 Å². The van der Waals surface area contributed by atoms with Crippen molar-refractivity contribution in [2.45, 2.75) is 20.0 Å². The molecule has 120 valence electrons. The Hall–Kier alpha value is -2.18. The van der Waals surface area contributed by atoms with E-state index in [2.05, 4.69) is 15.3 Å². The van der Waals surface area contributed by atoms with Gasteiger partial charge in [0.2, 0.25) is 0 Å².